The van der Waals surface area contributed by atoms with Gasteiger partial charge in [-0.25, -0.2) is 18.7 Å². The Kier molecular flexibility index (Phi) is 5.30. The predicted molar refractivity (Wildman–Crippen MR) is 94.9 cm³/mol. The van der Waals surface area contributed by atoms with Gasteiger partial charge in [0, 0.05) is 11.3 Å². The van der Waals surface area contributed by atoms with Crippen LogP contribution in [-0.2, 0) is 14.3 Å². The van der Waals surface area contributed by atoms with E-state index in [0.29, 0.717) is 16.9 Å². The molecule has 2 aromatic carbocycles. The van der Waals surface area contributed by atoms with E-state index in [2.05, 4.69) is 5.10 Å². The monoisotopic (exact) mass is 368 g/mol. The van der Waals surface area contributed by atoms with Gasteiger partial charge >= 0.3 is 11.9 Å². The van der Waals surface area contributed by atoms with Gasteiger partial charge in [0.15, 0.2) is 5.69 Å². The lowest BCUT2D eigenvalue weighted by molar-refractivity contribution is -0.151. The van der Waals surface area contributed by atoms with E-state index < -0.39 is 18.0 Å². The second-order valence-corrected chi connectivity index (χ2v) is 5.78. The second kappa shape index (κ2) is 7.82. The molecule has 0 fully saturated rings. The summed E-state index contributed by atoms with van der Waals surface area (Å²) in [6.45, 7) is 1.75. The van der Waals surface area contributed by atoms with Crippen molar-refractivity contribution >= 4 is 11.9 Å². The summed E-state index contributed by atoms with van der Waals surface area (Å²) in [6.07, 6.45) is -1.19. The topological polar surface area (TPSA) is 70.4 Å². The Hall–Kier alpha value is -3.48. The highest BCUT2D eigenvalue weighted by molar-refractivity contribution is 5.90. The van der Waals surface area contributed by atoms with E-state index in [1.54, 1.807) is 49.4 Å². The van der Waals surface area contributed by atoms with E-state index >= 15 is 0 Å². The fraction of sp³-hybridized carbons (Fsp3) is 0.150. The molecule has 1 heterocycles. The number of halogens is 1. The Morgan fingerprint density at radius 1 is 1.07 bits per heavy atom. The van der Waals surface area contributed by atoms with Crippen LogP contribution in [0.2, 0.25) is 0 Å². The Morgan fingerprint density at radius 3 is 2.37 bits per heavy atom. The summed E-state index contributed by atoms with van der Waals surface area (Å²) < 4.78 is 24.7. The molecule has 0 spiro atoms. The predicted octanol–water partition coefficient (Wildman–Crippen LogP) is 3.39. The fourth-order valence-corrected chi connectivity index (χ4v) is 2.57. The van der Waals surface area contributed by atoms with Crippen LogP contribution in [0.15, 0.2) is 60.7 Å². The van der Waals surface area contributed by atoms with Gasteiger partial charge in [-0.3, -0.25) is 0 Å². The average molecular weight is 368 g/mol. The van der Waals surface area contributed by atoms with Gasteiger partial charge < -0.3 is 9.47 Å². The first kappa shape index (κ1) is 18.3. The summed E-state index contributed by atoms with van der Waals surface area (Å²) in [7, 11) is 1.22. The van der Waals surface area contributed by atoms with Gasteiger partial charge in [0.2, 0.25) is 6.10 Å². The molecule has 6 nitrogen and oxygen atoms in total. The van der Waals surface area contributed by atoms with Crippen molar-refractivity contribution in [2.75, 3.05) is 7.11 Å². The summed E-state index contributed by atoms with van der Waals surface area (Å²) in [5.41, 5.74) is 1.78. The molecule has 0 amide bonds. The molecule has 1 aromatic heterocycles. The van der Waals surface area contributed by atoms with Crippen molar-refractivity contribution in [3.05, 3.63) is 83.4 Å². The van der Waals surface area contributed by atoms with Crippen LogP contribution >= 0.6 is 0 Å². The zero-order valence-corrected chi connectivity index (χ0v) is 14.8. The fourth-order valence-electron chi connectivity index (χ4n) is 2.57. The first-order valence-electron chi connectivity index (χ1n) is 8.16. The number of hydrogen-bond donors (Lipinski definition) is 0. The number of aryl methyl sites for hydroxylation is 1. The van der Waals surface area contributed by atoms with Gasteiger partial charge in [-0.1, -0.05) is 30.3 Å². The normalized spacial score (nSPS) is 11.7. The molecule has 0 radical (unpaired) electrons. The summed E-state index contributed by atoms with van der Waals surface area (Å²) >= 11 is 0. The zero-order valence-electron chi connectivity index (χ0n) is 14.8. The third kappa shape index (κ3) is 4.03. The number of rotatable bonds is 5. The summed E-state index contributed by atoms with van der Waals surface area (Å²) in [5, 5.41) is 4.21. The van der Waals surface area contributed by atoms with E-state index in [1.165, 1.54) is 30.0 Å². The molecule has 1 unspecified atom stereocenters. The number of esters is 2. The van der Waals surface area contributed by atoms with Crippen LogP contribution in [-0.4, -0.2) is 28.8 Å². The third-order valence-corrected chi connectivity index (χ3v) is 3.91. The van der Waals surface area contributed by atoms with Crippen LogP contribution in [0.4, 0.5) is 4.39 Å². The average Bonchev–Trinajstić information content (AvgIpc) is 3.08. The molecule has 1 atom stereocenters. The molecule has 0 aliphatic carbocycles. The maximum Gasteiger partial charge on any atom is 0.360 e. The van der Waals surface area contributed by atoms with Crippen molar-refractivity contribution in [3.8, 4) is 5.69 Å². The van der Waals surface area contributed by atoms with Crippen LogP contribution in [0.25, 0.3) is 5.69 Å². The summed E-state index contributed by atoms with van der Waals surface area (Å²) in [6, 6.07) is 15.8. The molecule has 3 rings (SSSR count). The molecular weight excluding hydrogens is 351 g/mol. The maximum absolute atomic E-state index is 13.1. The minimum Gasteiger partial charge on any atom is -0.466 e. The van der Waals surface area contributed by atoms with E-state index in [1.807, 2.05) is 0 Å². The molecule has 0 aliphatic heterocycles. The highest BCUT2D eigenvalue weighted by Crippen LogP contribution is 2.21. The zero-order chi connectivity index (χ0) is 19.4. The molecular formula is C20H17FN2O4. The number of carbonyl (C=O) groups is 2. The highest BCUT2D eigenvalue weighted by atomic mass is 19.1. The Labute approximate surface area is 155 Å². The lowest BCUT2D eigenvalue weighted by Gasteiger charge is -2.15. The molecule has 0 N–H and O–H groups in total. The van der Waals surface area contributed by atoms with Crippen LogP contribution < -0.4 is 0 Å². The minimum atomic E-state index is -1.19. The Balaban J connectivity index is 1.86. The van der Waals surface area contributed by atoms with Crippen molar-refractivity contribution in [1.29, 1.82) is 0 Å². The van der Waals surface area contributed by atoms with E-state index in [4.69, 9.17) is 9.47 Å². The standard InChI is InChI=1S/C20H17FN2O4/c1-13-12-17(22-23(13)16-10-8-15(21)9-11-16)19(24)27-18(20(25)26-2)14-6-4-3-5-7-14/h3-12,18H,1-2H3. The number of methoxy groups -OCH3 is 1. The van der Waals surface area contributed by atoms with Crippen molar-refractivity contribution in [2.24, 2.45) is 0 Å². The number of aromatic nitrogens is 2. The van der Waals surface area contributed by atoms with Crippen molar-refractivity contribution in [1.82, 2.24) is 9.78 Å². The molecule has 3 aromatic rings. The highest BCUT2D eigenvalue weighted by Gasteiger charge is 2.27. The molecule has 0 bridgehead atoms. The van der Waals surface area contributed by atoms with Gasteiger partial charge in [-0.15, -0.1) is 0 Å². The van der Waals surface area contributed by atoms with Gasteiger partial charge in [0.05, 0.1) is 12.8 Å². The lowest BCUT2D eigenvalue weighted by atomic mass is 10.1. The van der Waals surface area contributed by atoms with Gasteiger partial charge in [0.25, 0.3) is 0 Å². The van der Waals surface area contributed by atoms with E-state index in [-0.39, 0.29) is 11.5 Å². The number of nitrogens with zero attached hydrogens (tertiary/aromatic N) is 2. The lowest BCUT2D eigenvalue weighted by Crippen LogP contribution is -2.21. The Bertz CT molecular complexity index is 952. The van der Waals surface area contributed by atoms with Gasteiger partial charge in [0.1, 0.15) is 5.82 Å². The summed E-state index contributed by atoms with van der Waals surface area (Å²) in [5.74, 6) is -1.82. The Morgan fingerprint density at radius 2 is 1.74 bits per heavy atom. The first-order valence-corrected chi connectivity index (χ1v) is 8.16. The number of hydrogen-bond acceptors (Lipinski definition) is 5. The van der Waals surface area contributed by atoms with Crippen LogP contribution in [0.1, 0.15) is 27.8 Å². The van der Waals surface area contributed by atoms with Crippen molar-refractivity contribution < 1.29 is 23.5 Å². The number of carbonyl (C=O) groups excluding carboxylic acids is 2. The molecule has 138 valence electrons. The minimum absolute atomic E-state index is 0.0293. The molecule has 27 heavy (non-hydrogen) atoms. The van der Waals surface area contributed by atoms with Crippen LogP contribution in [0, 0.1) is 12.7 Å². The van der Waals surface area contributed by atoms with E-state index in [9.17, 15) is 14.0 Å². The number of benzene rings is 2. The van der Waals surface area contributed by atoms with Crippen LogP contribution in [0.3, 0.4) is 0 Å². The van der Waals surface area contributed by atoms with Crippen LogP contribution in [0.5, 0.6) is 0 Å². The molecule has 0 saturated carbocycles. The van der Waals surface area contributed by atoms with Gasteiger partial charge in [-0.05, 0) is 37.3 Å². The smallest absolute Gasteiger partial charge is 0.360 e. The first-order chi connectivity index (χ1) is 13.0. The van der Waals surface area contributed by atoms with E-state index in [0.717, 1.165) is 0 Å². The summed E-state index contributed by atoms with van der Waals surface area (Å²) in [4.78, 5) is 24.6. The molecule has 0 aliphatic rings. The van der Waals surface area contributed by atoms with Gasteiger partial charge in [-0.2, -0.15) is 5.10 Å². The molecule has 0 saturated heterocycles. The SMILES string of the molecule is COC(=O)C(OC(=O)c1cc(C)n(-c2ccc(F)cc2)n1)c1ccccc1. The quantitative estimate of drug-likeness (QED) is 0.646. The maximum atomic E-state index is 13.1. The molecule has 7 heteroatoms. The largest absolute Gasteiger partial charge is 0.466 e. The van der Waals surface area contributed by atoms with Crippen molar-refractivity contribution in [3.63, 3.8) is 0 Å². The number of ether oxygens (including phenoxy) is 2. The second-order valence-electron chi connectivity index (χ2n) is 5.78. The third-order valence-electron chi connectivity index (χ3n) is 3.91. The van der Waals surface area contributed by atoms with Crippen molar-refractivity contribution in [2.45, 2.75) is 13.0 Å².